The number of nitrogens with zero attached hydrogens (tertiary/aromatic N) is 1. The number of hydrogen-bond acceptors (Lipinski definition) is 3. The van der Waals surface area contributed by atoms with E-state index in [1.807, 2.05) is 85.8 Å². The van der Waals surface area contributed by atoms with E-state index in [1.165, 1.54) is 11.8 Å². The third kappa shape index (κ3) is 8.72. The molecule has 0 spiro atoms. The summed E-state index contributed by atoms with van der Waals surface area (Å²) in [5, 5.41) is 3.77. The first-order chi connectivity index (χ1) is 17.5. The summed E-state index contributed by atoms with van der Waals surface area (Å²) in [7, 11) is 0. The Morgan fingerprint density at radius 2 is 1.64 bits per heavy atom. The summed E-state index contributed by atoms with van der Waals surface area (Å²) in [6.07, 6.45) is 2.36. The van der Waals surface area contributed by atoms with E-state index in [-0.39, 0.29) is 17.6 Å². The molecule has 0 aliphatic carbocycles. The van der Waals surface area contributed by atoms with Crippen LogP contribution in [0.2, 0.25) is 5.02 Å². The van der Waals surface area contributed by atoms with Crippen LogP contribution in [0.25, 0.3) is 0 Å². The number of unbranched alkanes of at least 4 members (excludes halogenated alkanes) is 1. The number of nitrogens with one attached hydrogen (secondary N) is 1. The lowest BCUT2D eigenvalue weighted by Crippen LogP contribution is -2.51. The second kappa shape index (κ2) is 14.7. The topological polar surface area (TPSA) is 49.4 Å². The highest BCUT2D eigenvalue weighted by molar-refractivity contribution is 7.99. The SMILES string of the molecule is CCCCNC(=O)C(Cc1ccccc1)N(Cc1ccc(C)cc1)C(=O)CSCc1ccccc1Cl. The van der Waals surface area contributed by atoms with E-state index in [2.05, 4.69) is 12.2 Å². The van der Waals surface area contributed by atoms with Crippen molar-refractivity contribution in [3.05, 3.63) is 106 Å². The van der Waals surface area contributed by atoms with Crippen molar-refractivity contribution in [2.75, 3.05) is 12.3 Å². The molecule has 0 radical (unpaired) electrons. The van der Waals surface area contributed by atoms with Crippen molar-refractivity contribution in [1.29, 1.82) is 0 Å². The number of amides is 2. The Kier molecular flexibility index (Phi) is 11.4. The second-order valence-electron chi connectivity index (χ2n) is 8.94. The first-order valence-electron chi connectivity index (χ1n) is 12.5. The van der Waals surface area contributed by atoms with Gasteiger partial charge in [-0.2, -0.15) is 0 Å². The monoisotopic (exact) mass is 522 g/mol. The lowest BCUT2D eigenvalue weighted by molar-refractivity contribution is -0.139. The number of thioether (sulfide) groups is 1. The van der Waals surface area contributed by atoms with Crippen LogP contribution in [0.1, 0.15) is 42.0 Å². The van der Waals surface area contributed by atoms with Crippen LogP contribution in [0.3, 0.4) is 0 Å². The molecular formula is C30H35ClN2O2S. The van der Waals surface area contributed by atoms with Crippen molar-refractivity contribution in [2.45, 2.75) is 51.4 Å². The summed E-state index contributed by atoms with van der Waals surface area (Å²) < 4.78 is 0. The molecule has 0 saturated heterocycles. The molecule has 3 aromatic carbocycles. The Balaban J connectivity index is 1.83. The van der Waals surface area contributed by atoms with E-state index in [0.717, 1.165) is 35.1 Å². The van der Waals surface area contributed by atoms with Crippen LogP contribution in [0, 0.1) is 6.92 Å². The Hall–Kier alpha value is -2.76. The van der Waals surface area contributed by atoms with Gasteiger partial charge in [-0.3, -0.25) is 9.59 Å². The van der Waals surface area contributed by atoms with Gasteiger partial charge in [0.15, 0.2) is 0 Å². The molecule has 0 bridgehead atoms. The number of rotatable bonds is 13. The molecule has 0 aliphatic rings. The van der Waals surface area contributed by atoms with Gasteiger partial charge in [-0.1, -0.05) is 103 Å². The van der Waals surface area contributed by atoms with Crippen LogP contribution >= 0.6 is 23.4 Å². The molecule has 1 atom stereocenters. The Morgan fingerprint density at radius 3 is 2.33 bits per heavy atom. The third-order valence-corrected chi connectivity index (χ3v) is 7.35. The molecule has 1 unspecified atom stereocenters. The maximum Gasteiger partial charge on any atom is 0.243 e. The predicted molar refractivity (Wildman–Crippen MR) is 151 cm³/mol. The summed E-state index contributed by atoms with van der Waals surface area (Å²) in [5.41, 5.74) is 4.19. The van der Waals surface area contributed by atoms with Gasteiger partial charge >= 0.3 is 0 Å². The summed E-state index contributed by atoms with van der Waals surface area (Å²) in [5.74, 6) is 0.739. The molecule has 2 amide bonds. The molecule has 0 aromatic heterocycles. The normalized spacial score (nSPS) is 11.6. The highest BCUT2D eigenvalue weighted by Crippen LogP contribution is 2.22. The van der Waals surface area contributed by atoms with Crippen LogP contribution in [0.4, 0.5) is 0 Å². The minimum Gasteiger partial charge on any atom is -0.354 e. The molecule has 36 heavy (non-hydrogen) atoms. The molecule has 0 heterocycles. The number of carbonyl (C=O) groups excluding carboxylic acids is 2. The molecular weight excluding hydrogens is 488 g/mol. The first-order valence-corrected chi connectivity index (χ1v) is 14.0. The fourth-order valence-electron chi connectivity index (χ4n) is 3.90. The fourth-order valence-corrected chi connectivity index (χ4v) is 5.09. The van der Waals surface area contributed by atoms with Crippen LogP contribution in [0.5, 0.6) is 0 Å². The zero-order valence-corrected chi connectivity index (χ0v) is 22.7. The molecule has 3 rings (SSSR count). The van der Waals surface area contributed by atoms with Crippen LogP contribution in [0.15, 0.2) is 78.9 Å². The van der Waals surface area contributed by atoms with Gasteiger partial charge in [0.2, 0.25) is 11.8 Å². The number of hydrogen-bond donors (Lipinski definition) is 1. The molecule has 0 aliphatic heterocycles. The van der Waals surface area contributed by atoms with Crippen molar-refractivity contribution in [2.24, 2.45) is 0 Å². The standard InChI is InChI=1S/C30H35ClN2O2S/c1-3-4-18-32-30(35)28(19-24-10-6-5-7-11-24)33(20-25-16-14-23(2)15-17-25)29(34)22-36-21-26-12-8-9-13-27(26)31/h5-17,28H,3-4,18-22H2,1-2H3,(H,32,35). The zero-order valence-electron chi connectivity index (χ0n) is 21.1. The maximum absolute atomic E-state index is 13.6. The van der Waals surface area contributed by atoms with E-state index < -0.39 is 6.04 Å². The van der Waals surface area contributed by atoms with Gasteiger partial charge in [0.05, 0.1) is 5.75 Å². The fraction of sp³-hybridized carbons (Fsp3) is 0.333. The van der Waals surface area contributed by atoms with Gasteiger partial charge in [0.1, 0.15) is 6.04 Å². The molecule has 190 valence electrons. The number of carbonyl (C=O) groups is 2. The summed E-state index contributed by atoms with van der Waals surface area (Å²) in [4.78, 5) is 28.8. The smallest absolute Gasteiger partial charge is 0.243 e. The summed E-state index contributed by atoms with van der Waals surface area (Å²) in [6, 6.07) is 25.1. The van der Waals surface area contributed by atoms with Crippen molar-refractivity contribution in [1.82, 2.24) is 10.2 Å². The van der Waals surface area contributed by atoms with Crippen LogP contribution in [-0.2, 0) is 28.3 Å². The van der Waals surface area contributed by atoms with E-state index in [9.17, 15) is 9.59 Å². The molecule has 0 saturated carbocycles. The van der Waals surface area contributed by atoms with E-state index >= 15 is 0 Å². The molecule has 1 N–H and O–H groups in total. The van der Waals surface area contributed by atoms with Gasteiger partial charge in [0.25, 0.3) is 0 Å². The van der Waals surface area contributed by atoms with E-state index in [1.54, 1.807) is 4.90 Å². The number of halogens is 1. The Bertz CT molecular complexity index is 1110. The lowest BCUT2D eigenvalue weighted by atomic mass is 10.0. The van der Waals surface area contributed by atoms with Gasteiger partial charge in [-0.25, -0.2) is 0 Å². The lowest BCUT2D eigenvalue weighted by Gasteiger charge is -2.31. The third-order valence-electron chi connectivity index (χ3n) is 6.02. The number of benzene rings is 3. The molecule has 0 fully saturated rings. The van der Waals surface area contributed by atoms with Crippen LogP contribution < -0.4 is 5.32 Å². The highest BCUT2D eigenvalue weighted by Gasteiger charge is 2.30. The highest BCUT2D eigenvalue weighted by atomic mass is 35.5. The van der Waals surface area contributed by atoms with Gasteiger partial charge in [-0.15, -0.1) is 11.8 Å². The van der Waals surface area contributed by atoms with Gasteiger partial charge in [-0.05, 0) is 36.1 Å². The maximum atomic E-state index is 13.6. The first kappa shape index (κ1) is 27.8. The summed E-state index contributed by atoms with van der Waals surface area (Å²) >= 11 is 7.82. The average molecular weight is 523 g/mol. The molecule has 4 nitrogen and oxygen atoms in total. The molecule has 3 aromatic rings. The van der Waals surface area contributed by atoms with Crippen molar-refractivity contribution in [3.63, 3.8) is 0 Å². The van der Waals surface area contributed by atoms with Gasteiger partial charge < -0.3 is 10.2 Å². The Labute approximate surface area is 224 Å². The van der Waals surface area contributed by atoms with E-state index in [4.69, 9.17) is 11.6 Å². The molecule has 6 heteroatoms. The largest absolute Gasteiger partial charge is 0.354 e. The minimum absolute atomic E-state index is 0.0563. The number of aryl methyl sites for hydroxylation is 1. The quantitative estimate of drug-likeness (QED) is 0.263. The van der Waals surface area contributed by atoms with Crippen molar-refractivity contribution >= 4 is 35.2 Å². The van der Waals surface area contributed by atoms with Crippen LogP contribution in [-0.4, -0.2) is 35.1 Å². The summed E-state index contributed by atoms with van der Waals surface area (Å²) in [6.45, 7) is 5.12. The second-order valence-corrected chi connectivity index (χ2v) is 10.3. The average Bonchev–Trinajstić information content (AvgIpc) is 2.89. The Morgan fingerprint density at radius 1 is 0.944 bits per heavy atom. The predicted octanol–water partition coefficient (Wildman–Crippen LogP) is 6.44. The zero-order chi connectivity index (χ0) is 25.8. The van der Waals surface area contributed by atoms with E-state index in [0.29, 0.717) is 30.3 Å². The minimum atomic E-state index is -0.598. The van der Waals surface area contributed by atoms with Gasteiger partial charge in [0, 0.05) is 30.3 Å². The van der Waals surface area contributed by atoms with Crippen molar-refractivity contribution in [3.8, 4) is 0 Å². The van der Waals surface area contributed by atoms with Crippen molar-refractivity contribution < 1.29 is 9.59 Å².